The van der Waals surface area contributed by atoms with Crippen molar-refractivity contribution < 1.29 is 91.9 Å². The van der Waals surface area contributed by atoms with Crippen LogP contribution in [0.2, 0.25) is 0 Å². The fourth-order valence-corrected chi connectivity index (χ4v) is 5.89. The van der Waals surface area contributed by atoms with Gasteiger partial charge in [-0.05, 0) is 24.7 Å². The molecular formula is C20H36Na2O7S. The van der Waals surface area contributed by atoms with Gasteiger partial charge in [-0.3, -0.25) is 4.55 Å². The molecule has 4 atom stereocenters. The zero-order valence-corrected chi connectivity index (χ0v) is 24.4. The molecular weight excluding hydrogens is 430 g/mol. The molecule has 0 aliphatic rings. The van der Waals surface area contributed by atoms with E-state index in [1.165, 1.54) is 0 Å². The maximum Gasteiger partial charge on any atom is 1.00 e. The number of carboxylic acid groups (broad SMARTS) is 2. The van der Waals surface area contributed by atoms with Gasteiger partial charge >= 0.3 is 59.1 Å². The van der Waals surface area contributed by atoms with Crippen LogP contribution < -0.4 is 69.3 Å². The fourth-order valence-electron chi connectivity index (χ4n) is 4.37. The standard InChI is InChI=1S/C20H38O7S.2Na/c1-5-9-11-13-15(7-3)17(18(21)22)20(19(23)24,28(25,26)27)16(8-4)14-12-10-6-2;;/h15-17H,5-14H2,1-4H3,(H,21,22)(H,23,24)(H,25,26,27);;/q;2*+1/p-2. The molecule has 0 aliphatic heterocycles. The predicted octanol–water partition coefficient (Wildman–Crippen LogP) is -4.05. The third-order valence-electron chi connectivity index (χ3n) is 5.89. The number of aliphatic carboxylic acids is 2. The van der Waals surface area contributed by atoms with Gasteiger partial charge < -0.3 is 19.8 Å². The van der Waals surface area contributed by atoms with Gasteiger partial charge in [0.05, 0.1) is 5.97 Å². The molecule has 0 fully saturated rings. The van der Waals surface area contributed by atoms with Gasteiger partial charge in [-0.2, -0.15) is 8.42 Å². The normalized spacial score (nSPS) is 16.3. The van der Waals surface area contributed by atoms with E-state index in [0.717, 1.165) is 25.7 Å². The van der Waals surface area contributed by atoms with Gasteiger partial charge in [0.1, 0.15) is 4.75 Å². The molecule has 0 aromatic rings. The van der Waals surface area contributed by atoms with E-state index in [2.05, 4.69) is 0 Å². The van der Waals surface area contributed by atoms with Crippen LogP contribution in [-0.2, 0) is 19.7 Å². The molecule has 0 rings (SSSR count). The van der Waals surface area contributed by atoms with Crippen molar-refractivity contribution in [3.05, 3.63) is 0 Å². The minimum atomic E-state index is -5.29. The molecule has 7 nitrogen and oxygen atoms in total. The van der Waals surface area contributed by atoms with E-state index in [-0.39, 0.29) is 78.4 Å². The number of hydrogen-bond acceptors (Lipinski definition) is 6. The first-order chi connectivity index (χ1) is 13.1. The zero-order valence-electron chi connectivity index (χ0n) is 19.6. The fraction of sp³-hybridized carbons (Fsp3) is 0.900. The van der Waals surface area contributed by atoms with Crippen molar-refractivity contribution in [2.75, 3.05) is 0 Å². The number of rotatable bonds is 16. The molecule has 0 amide bonds. The Labute approximate surface area is 226 Å². The SMILES string of the molecule is CCCCCC(CC)C(C(=O)[O-])C(C(=O)[O-])(C(CC)CCCCC)S(=O)(=O)O.[Na+].[Na+]. The first kappa shape index (κ1) is 35.4. The van der Waals surface area contributed by atoms with E-state index in [1.807, 2.05) is 13.8 Å². The maximum atomic E-state index is 12.5. The maximum absolute atomic E-state index is 12.5. The molecule has 0 saturated heterocycles. The van der Waals surface area contributed by atoms with E-state index >= 15 is 0 Å². The minimum Gasteiger partial charge on any atom is -0.550 e. The second-order valence-electron chi connectivity index (χ2n) is 7.62. The third kappa shape index (κ3) is 9.00. The summed E-state index contributed by atoms with van der Waals surface area (Å²) in [6.07, 6.45) is 5.32. The second-order valence-corrected chi connectivity index (χ2v) is 9.24. The predicted molar refractivity (Wildman–Crippen MR) is 104 cm³/mol. The largest absolute Gasteiger partial charge is 1.00 e. The van der Waals surface area contributed by atoms with Crippen LogP contribution in [0.25, 0.3) is 0 Å². The van der Waals surface area contributed by atoms with E-state index in [9.17, 15) is 32.8 Å². The Bertz CT molecular complexity index is 598. The average Bonchev–Trinajstić information content (AvgIpc) is 2.60. The molecule has 0 saturated carbocycles. The van der Waals surface area contributed by atoms with Gasteiger partial charge in [-0.15, -0.1) is 0 Å². The summed E-state index contributed by atoms with van der Waals surface area (Å²) < 4.78 is 32.1. The van der Waals surface area contributed by atoms with Crippen molar-refractivity contribution in [2.45, 2.75) is 96.7 Å². The van der Waals surface area contributed by atoms with Crippen LogP contribution in [0, 0.1) is 17.8 Å². The summed E-state index contributed by atoms with van der Waals surface area (Å²) in [5, 5.41) is 24.4. The van der Waals surface area contributed by atoms with Crippen LogP contribution >= 0.6 is 0 Å². The Balaban J connectivity index is -0.00000364. The van der Waals surface area contributed by atoms with E-state index in [0.29, 0.717) is 19.3 Å². The molecule has 0 spiro atoms. The molecule has 1 N–H and O–H groups in total. The molecule has 0 aromatic carbocycles. The van der Waals surface area contributed by atoms with Crippen LogP contribution in [0.5, 0.6) is 0 Å². The quantitative estimate of drug-likeness (QED) is 0.139. The zero-order chi connectivity index (χ0) is 22.0. The van der Waals surface area contributed by atoms with Crippen LogP contribution in [-0.4, -0.2) is 29.7 Å². The van der Waals surface area contributed by atoms with Gasteiger partial charge in [0.15, 0.2) is 0 Å². The molecule has 30 heavy (non-hydrogen) atoms. The summed E-state index contributed by atoms with van der Waals surface area (Å²) in [5.74, 6) is -7.53. The van der Waals surface area contributed by atoms with E-state index in [4.69, 9.17) is 0 Å². The molecule has 166 valence electrons. The van der Waals surface area contributed by atoms with Crippen LogP contribution in [0.15, 0.2) is 0 Å². The average molecular weight is 467 g/mol. The Morgan fingerprint density at radius 3 is 1.63 bits per heavy atom. The number of unbranched alkanes of at least 4 members (excludes halogenated alkanes) is 4. The molecule has 0 radical (unpaired) electrons. The minimum absolute atomic E-state index is 0. The van der Waals surface area contributed by atoms with E-state index in [1.54, 1.807) is 13.8 Å². The Hall–Kier alpha value is 0.850. The monoisotopic (exact) mass is 466 g/mol. The molecule has 0 aliphatic carbocycles. The Morgan fingerprint density at radius 2 is 1.33 bits per heavy atom. The van der Waals surface area contributed by atoms with Crippen molar-refractivity contribution in [3.63, 3.8) is 0 Å². The molecule has 10 heteroatoms. The van der Waals surface area contributed by atoms with Gasteiger partial charge in [0.25, 0.3) is 10.1 Å². The summed E-state index contributed by atoms with van der Waals surface area (Å²) in [5.41, 5.74) is 0. The van der Waals surface area contributed by atoms with E-state index < -0.39 is 44.6 Å². The summed E-state index contributed by atoms with van der Waals surface area (Å²) in [6.45, 7) is 7.21. The van der Waals surface area contributed by atoms with Crippen molar-refractivity contribution in [2.24, 2.45) is 17.8 Å². The summed E-state index contributed by atoms with van der Waals surface area (Å²) in [6, 6.07) is 0. The van der Waals surface area contributed by atoms with Crippen molar-refractivity contribution in [3.8, 4) is 0 Å². The first-order valence-electron chi connectivity index (χ1n) is 10.4. The van der Waals surface area contributed by atoms with Gasteiger partial charge in [-0.1, -0.05) is 79.1 Å². The summed E-state index contributed by atoms with van der Waals surface area (Å²) in [4.78, 5) is 24.4. The second kappa shape index (κ2) is 17.3. The number of hydrogen-bond donors (Lipinski definition) is 1. The molecule has 0 aromatic heterocycles. The molecule has 0 bridgehead atoms. The summed E-state index contributed by atoms with van der Waals surface area (Å²) in [7, 11) is -5.29. The number of carboxylic acids is 2. The Kier molecular flexibility index (Phi) is 20.5. The summed E-state index contributed by atoms with van der Waals surface area (Å²) >= 11 is 0. The van der Waals surface area contributed by atoms with Crippen molar-refractivity contribution >= 4 is 22.1 Å². The first-order valence-corrected chi connectivity index (χ1v) is 11.9. The van der Waals surface area contributed by atoms with Gasteiger partial charge in [0, 0.05) is 11.9 Å². The molecule has 0 heterocycles. The molecule has 4 unspecified atom stereocenters. The van der Waals surface area contributed by atoms with Crippen LogP contribution in [0.1, 0.15) is 91.9 Å². The third-order valence-corrected chi connectivity index (χ3v) is 7.50. The van der Waals surface area contributed by atoms with Gasteiger partial charge in [0.2, 0.25) is 0 Å². The van der Waals surface area contributed by atoms with Crippen LogP contribution in [0.3, 0.4) is 0 Å². The Morgan fingerprint density at radius 1 is 0.867 bits per heavy atom. The van der Waals surface area contributed by atoms with Crippen LogP contribution in [0.4, 0.5) is 0 Å². The smallest absolute Gasteiger partial charge is 0.550 e. The van der Waals surface area contributed by atoms with Crippen molar-refractivity contribution in [1.82, 2.24) is 0 Å². The number of carbonyl (C=O) groups is 2. The topological polar surface area (TPSA) is 135 Å². The van der Waals surface area contributed by atoms with Crippen molar-refractivity contribution in [1.29, 1.82) is 0 Å². The van der Waals surface area contributed by atoms with Gasteiger partial charge in [-0.25, -0.2) is 0 Å². The number of carbonyl (C=O) groups excluding carboxylic acids is 2.